The van der Waals surface area contributed by atoms with Crippen LogP contribution in [0.1, 0.15) is 37.7 Å². The van der Waals surface area contributed by atoms with Gasteiger partial charge in [-0.2, -0.15) is 5.10 Å². The molecule has 3 heterocycles. The average Bonchev–Trinajstić information content (AvgIpc) is 3.52. The van der Waals surface area contributed by atoms with E-state index >= 15 is 0 Å². The zero-order valence-electron chi connectivity index (χ0n) is 20.5. The molecule has 9 heteroatoms. The molecule has 1 spiro atoms. The smallest absolute Gasteiger partial charge is 0.407 e. The van der Waals surface area contributed by atoms with Crippen LogP contribution < -0.4 is 10.2 Å². The van der Waals surface area contributed by atoms with Crippen LogP contribution in [0.4, 0.5) is 10.6 Å². The summed E-state index contributed by atoms with van der Waals surface area (Å²) in [7, 11) is 0. The minimum Gasteiger partial charge on any atom is -0.445 e. The van der Waals surface area contributed by atoms with Crippen LogP contribution in [0.25, 0.3) is 22.4 Å². The lowest BCUT2D eigenvalue weighted by molar-refractivity contribution is 0.115. The standard InChI is InChI=1S/C28H29ClN6O2/c29-21-10-5-4-9-20(21)24-25-26(34-33-24)32-23(17-30-25)35-15-13-28(14-16-35)12-6-11-22(28)31-27(36)37-18-19-7-2-1-3-8-19/h1-5,7-10,17,22H,6,11-16,18H2,(H,31,36)(H,32,33,34). The summed E-state index contributed by atoms with van der Waals surface area (Å²) in [5.41, 5.74) is 3.98. The number of hydrogen-bond acceptors (Lipinski definition) is 6. The Balaban J connectivity index is 1.10. The average molecular weight is 517 g/mol. The number of carbonyl (C=O) groups is 1. The van der Waals surface area contributed by atoms with E-state index in [0.717, 1.165) is 62.1 Å². The molecule has 1 aliphatic carbocycles. The predicted molar refractivity (Wildman–Crippen MR) is 143 cm³/mol. The third kappa shape index (κ3) is 4.73. The fraction of sp³-hybridized carbons (Fsp3) is 0.357. The van der Waals surface area contributed by atoms with Gasteiger partial charge in [0.25, 0.3) is 0 Å². The van der Waals surface area contributed by atoms with Gasteiger partial charge in [0.05, 0.1) is 11.2 Å². The highest BCUT2D eigenvalue weighted by Gasteiger charge is 2.45. The van der Waals surface area contributed by atoms with Gasteiger partial charge in [0, 0.05) is 24.7 Å². The number of rotatable bonds is 5. The molecule has 1 saturated carbocycles. The summed E-state index contributed by atoms with van der Waals surface area (Å²) in [6.07, 6.45) is 6.70. The molecule has 0 radical (unpaired) electrons. The Labute approximate surface area is 220 Å². The highest BCUT2D eigenvalue weighted by atomic mass is 35.5. The summed E-state index contributed by atoms with van der Waals surface area (Å²) in [5, 5.41) is 11.3. The molecule has 6 rings (SSSR count). The van der Waals surface area contributed by atoms with Crippen LogP contribution in [-0.4, -0.2) is 45.4 Å². The molecule has 1 atom stereocenters. The third-order valence-electron chi connectivity index (χ3n) is 7.88. The lowest BCUT2D eigenvalue weighted by Crippen LogP contribution is -2.50. The Hall–Kier alpha value is -3.65. The van der Waals surface area contributed by atoms with E-state index in [4.69, 9.17) is 26.3 Å². The van der Waals surface area contributed by atoms with Crippen LogP contribution in [0.2, 0.25) is 5.02 Å². The summed E-state index contributed by atoms with van der Waals surface area (Å²) in [6, 6.07) is 17.5. The molecule has 2 aliphatic rings. The van der Waals surface area contributed by atoms with E-state index in [0.29, 0.717) is 21.9 Å². The van der Waals surface area contributed by atoms with Crippen LogP contribution in [-0.2, 0) is 11.3 Å². The van der Waals surface area contributed by atoms with E-state index in [9.17, 15) is 4.79 Å². The van der Waals surface area contributed by atoms with Crippen molar-refractivity contribution in [3.05, 3.63) is 71.4 Å². The number of alkyl carbamates (subject to hydrolysis) is 1. The number of fused-ring (bicyclic) bond motifs is 1. The zero-order valence-corrected chi connectivity index (χ0v) is 21.2. The molecule has 0 bridgehead atoms. The molecule has 4 aromatic rings. The molecule has 1 amide bonds. The van der Waals surface area contributed by atoms with Gasteiger partial charge in [-0.05, 0) is 42.7 Å². The highest BCUT2D eigenvalue weighted by molar-refractivity contribution is 6.33. The number of aromatic nitrogens is 4. The number of carbonyl (C=O) groups excluding carboxylic acids is 1. The van der Waals surface area contributed by atoms with Gasteiger partial charge in [0.1, 0.15) is 23.6 Å². The number of nitrogens with zero attached hydrogens (tertiary/aromatic N) is 4. The van der Waals surface area contributed by atoms with Gasteiger partial charge in [0.2, 0.25) is 0 Å². The number of anilines is 1. The number of ether oxygens (including phenoxy) is 1. The molecule has 8 nitrogen and oxygen atoms in total. The zero-order chi connectivity index (χ0) is 25.2. The van der Waals surface area contributed by atoms with Crippen LogP contribution in [0.3, 0.4) is 0 Å². The molecule has 190 valence electrons. The van der Waals surface area contributed by atoms with Gasteiger partial charge < -0.3 is 15.0 Å². The number of amides is 1. The minimum atomic E-state index is -0.331. The van der Waals surface area contributed by atoms with Crippen molar-refractivity contribution in [3.8, 4) is 11.3 Å². The predicted octanol–water partition coefficient (Wildman–Crippen LogP) is 5.74. The molecular formula is C28H29ClN6O2. The summed E-state index contributed by atoms with van der Waals surface area (Å²) < 4.78 is 5.50. The Morgan fingerprint density at radius 1 is 1.11 bits per heavy atom. The first-order valence-corrected chi connectivity index (χ1v) is 13.2. The lowest BCUT2D eigenvalue weighted by atomic mass is 9.74. The first kappa shape index (κ1) is 23.7. The van der Waals surface area contributed by atoms with E-state index in [1.807, 2.05) is 60.8 Å². The van der Waals surface area contributed by atoms with Gasteiger partial charge in [-0.15, -0.1) is 0 Å². The van der Waals surface area contributed by atoms with Crippen LogP contribution in [0.5, 0.6) is 0 Å². The molecule has 1 aliphatic heterocycles. The largest absolute Gasteiger partial charge is 0.445 e. The second-order valence-corrected chi connectivity index (χ2v) is 10.4. The minimum absolute atomic E-state index is 0.102. The summed E-state index contributed by atoms with van der Waals surface area (Å²) in [6.45, 7) is 2.01. The molecule has 2 fully saturated rings. The summed E-state index contributed by atoms with van der Waals surface area (Å²) >= 11 is 6.37. The molecule has 1 unspecified atom stereocenters. The van der Waals surface area contributed by atoms with E-state index < -0.39 is 0 Å². The SMILES string of the molecule is O=C(NC1CCCC12CCN(c1cnc3c(-c4ccccc4Cl)n[nH]c3n1)CC2)OCc1ccccc1. The lowest BCUT2D eigenvalue weighted by Gasteiger charge is -2.43. The quantitative estimate of drug-likeness (QED) is 0.351. The second-order valence-electron chi connectivity index (χ2n) is 9.98. The first-order valence-electron chi connectivity index (χ1n) is 12.8. The maximum Gasteiger partial charge on any atom is 0.407 e. The maximum absolute atomic E-state index is 12.6. The molecule has 1 saturated heterocycles. The van der Waals surface area contributed by atoms with E-state index in [1.165, 1.54) is 0 Å². The number of halogens is 1. The van der Waals surface area contributed by atoms with Crippen molar-refractivity contribution >= 4 is 34.7 Å². The number of hydrogen-bond donors (Lipinski definition) is 2. The molecule has 37 heavy (non-hydrogen) atoms. The molecular weight excluding hydrogens is 488 g/mol. The van der Waals surface area contributed by atoms with E-state index in [2.05, 4.69) is 20.4 Å². The number of H-pyrrole nitrogens is 1. The van der Waals surface area contributed by atoms with Crippen LogP contribution >= 0.6 is 11.6 Å². The van der Waals surface area contributed by atoms with Crippen LogP contribution in [0.15, 0.2) is 60.8 Å². The fourth-order valence-electron chi connectivity index (χ4n) is 5.84. The summed E-state index contributed by atoms with van der Waals surface area (Å²) in [4.78, 5) is 24.3. The van der Waals surface area contributed by atoms with Gasteiger partial charge in [-0.1, -0.05) is 66.6 Å². The van der Waals surface area contributed by atoms with Crippen molar-refractivity contribution in [2.45, 2.75) is 44.8 Å². The number of nitrogens with one attached hydrogen (secondary N) is 2. The molecule has 2 aromatic carbocycles. The number of benzene rings is 2. The topological polar surface area (TPSA) is 96.0 Å². The molecule has 2 N–H and O–H groups in total. The van der Waals surface area contributed by atoms with Gasteiger partial charge in [-0.3, -0.25) is 5.10 Å². The van der Waals surface area contributed by atoms with E-state index in [-0.39, 0.29) is 24.2 Å². The highest BCUT2D eigenvalue weighted by Crippen LogP contribution is 2.47. The number of aromatic amines is 1. The van der Waals surface area contributed by atoms with Crippen molar-refractivity contribution in [2.75, 3.05) is 18.0 Å². The Bertz CT molecular complexity index is 1400. The number of piperidine rings is 1. The fourth-order valence-corrected chi connectivity index (χ4v) is 6.06. The van der Waals surface area contributed by atoms with Crippen molar-refractivity contribution in [1.82, 2.24) is 25.5 Å². The molecule has 2 aromatic heterocycles. The monoisotopic (exact) mass is 516 g/mol. The van der Waals surface area contributed by atoms with Gasteiger partial charge >= 0.3 is 6.09 Å². The second kappa shape index (κ2) is 10.0. The van der Waals surface area contributed by atoms with Crippen molar-refractivity contribution in [1.29, 1.82) is 0 Å². The van der Waals surface area contributed by atoms with Crippen LogP contribution in [0, 0.1) is 5.41 Å². The third-order valence-corrected chi connectivity index (χ3v) is 8.21. The Morgan fingerprint density at radius 2 is 1.89 bits per heavy atom. The Morgan fingerprint density at radius 3 is 2.70 bits per heavy atom. The van der Waals surface area contributed by atoms with E-state index in [1.54, 1.807) is 0 Å². The maximum atomic E-state index is 12.6. The van der Waals surface area contributed by atoms with Crippen molar-refractivity contribution in [2.24, 2.45) is 5.41 Å². The Kier molecular flexibility index (Phi) is 6.42. The van der Waals surface area contributed by atoms with Crippen molar-refractivity contribution in [3.63, 3.8) is 0 Å². The summed E-state index contributed by atoms with van der Waals surface area (Å²) in [5.74, 6) is 0.835. The normalized spacial score (nSPS) is 18.8. The first-order chi connectivity index (χ1) is 18.1. The van der Waals surface area contributed by atoms with Gasteiger partial charge in [-0.25, -0.2) is 14.8 Å². The van der Waals surface area contributed by atoms with Gasteiger partial charge in [0.15, 0.2) is 5.65 Å². The van der Waals surface area contributed by atoms with Crippen molar-refractivity contribution < 1.29 is 9.53 Å².